The minimum atomic E-state index is -5.05. The molecule has 0 spiro atoms. The van der Waals surface area contributed by atoms with Crippen LogP contribution in [0.3, 0.4) is 0 Å². The van der Waals surface area contributed by atoms with Gasteiger partial charge in [0.05, 0.1) is 35.3 Å². The van der Waals surface area contributed by atoms with Crippen molar-refractivity contribution >= 4 is 5.91 Å². The summed E-state index contributed by atoms with van der Waals surface area (Å²) in [6.45, 7) is 2.36. The first-order chi connectivity index (χ1) is 19.6. The van der Waals surface area contributed by atoms with Crippen molar-refractivity contribution in [2.24, 2.45) is 0 Å². The van der Waals surface area contributed by atoms with Crippen molar-refractivity contribution in [1.29, 1.82) is 0 Å². The van der Waals surface area contributed by atoms with E-state index in [0.717, 1.165) is 4.90 Å². The van der Waals surface area contributed by atoms with Crippen LogP contribution in [0.2, 0.25) is 0 Å². The van der Waals surface area contributed by atoms with Crippen LogP contribution in [0.1, 0.15) is 47.2 Å². The van der Waals surface area contributed by atoms with Crippen LogP contribution in [-0.4, -0.2) is 43.7 Å². The highest BCUT2D eigenvalue weighted by Gasteiger charge is 2.46. The van der Waals surface area contributed by atoms with Gasteiger partial charge in [-0.25, -0.2) is 8.78 Å². The molecule has 3 aromatic carbocycles. The second-order valence-corrected chi connectivity index (χ2v) is 10.2. The topological polar surface area (TPSA) is 41.6 Å². The molecule has 3 aromatic rings. The number of ether oxygens (including phenoxy) is 1. The predicted octanol–water partition coefficient (Wildman–Crippen LogP) is 6.89. The molecule has 2 unspecified atom stereocenters. The van der Waals surface area contributed by atoms with E-state index >= 15 is 0 Å². The van der Waals surface area contributed by atoms with Crippen molar-refractivity contribution in [1.82, 2.24) is 10.2 Å². The second-order valence-electron chi connectivity index (χ2n) is 10.2. The van der Waals surface area contributed by atoms with Crippen LogP contribution in [0.15, 0.2) is 66.7 Å². The van der Waals surface area contributed by atoms with Crippen LogP contribution in [0.25, 0.3) is 0 Å². The zero-order valence-corrected chi connectivity index (χ0v) is 22.6. The van der Waals surface area contributed by atoms with E-state index in [-0.39, 0.29) is 31.2 Å². The van der Waals surface area contributed by atoms with Crippen LogP contribution in [0.4, 0.5) is 35.1 Å². The Kier molecular flexibility index (Phi) is 8.98. The first-order valence-electron chi connectivity index (χ1n) is 13.0. The minimum absolute atomic E-state index is 0.0273. The van der Waals surface area contributed by atoms with E-state index in [2.05, 4.69) is 5.32 Å². The molecule has 1 amide bonds. The zero-order chi connectivity index (χ0) is 30.9. The molecule has 1 fully saturated rings. The van der Waals surface area contributed by atoms with E-state index in [0.29, 0.717) is 29.8 Å². The van der Waals surface area contributed by atoms with Crippen molar-refractivity contribution in [3.05, 3.63) is 106 Å². The molecule has 1 heterocycles. The lowest BCUT2D eigenvalue weighted by molar-refractivity contribution is -0.143. The number of hydrogen-bond acceptors (Lipinski definition) is 3. The van der Waals surface area contributed by atoms with Crippen molar-refractivity contribution in [2.45, 2.75) is 43.3 Å². The fourth-order valence-corrected chi connectivity index (χ4v) is 5.26. The minimum Gasteiger partial charge on any atom is -0.374 e. The van der Waals surface area contributed by atoms with E-state index in [9.17, 15) is 39.9 Å². The lowest BCUT2D eigenvalue weighted by Crippen LogP contribution is -2.54. The molecule has 4 nitrogen and oxygen atoms in total. The summed E-state index contributed by atoms with van der Waals surface area (Å²) >= 11 is 0. The molecule has 1 aliphatic rings. The van der Waals surface area contributed by atoms with Gasteiger partial charge >= 0.3 is 12.4 Å². The first-order valence-corrected chi connectivity index (χ1v) is 13.0. The Labute approximate surface area is 237 Å². The molecule has 0 radical (unpaired) electrons. The van der Waals surface area contributed by atoms with E-state index in [1.54, 1.807) is 0 Å². The molecule has 42 heavy (non-hydrogen) atoms. The van der Waals surface area contributed by atoms with Gasteiger partial charge in [0.2, 0.25) is 5.91 Å². The van der Waals surface area contributed by atoms with Gasteiger partial charge in [-0.3, -0.25) is 4.79 Å². The fourth-order valence-electron chi connectivity index (χ4n) is 5.26. The summed E-state index contributed by atoms with van der Waals surface area (Å²) < 4.78 is 115. The Morgan fingerprint density at radius 3 is 1.74 bits per heavy atom. The molecule has 12 heteroatoms. The van der Waals surface area contributed by atoms with Gasteiger partial charge in [-0.15, -0.1) is 0 Å². The molecule has 4 rings (SSSR count). The van der Waals surface area contributed by atoms with Crippen LogP contribution in [-0.2, 0) is 27.3 Å². The summed E-state index contributed by atoms with van der Waals surface area (Å²) in [5.41, 5.74) is -3.76. The highest BCUT2D eigenvalue weighted by molar-refractivity contribution is 5.79. The quantitative estimate of drug-likeness (QED) is 0.301. The van der Waals surface area contributed by atoms with Gasteiger partial charge in [-0.2, -0.15) is 26.3 Å². The van der Waals surface area contributed by atoms with Crippen LogP contribution >= 0.6 is 0 Å². The fraction of sp³-hybridized carbons (Fsp3) is 0.367. The third-order valence-corrected chi connectivity index (χ3v) is 7.69. The summed E-state index contributed by atoms with van der Waals surface area (Å²) in [5.74, 6) is -1.73. The van der Waals surface area contributed by atoms with Gasteiger partial charge in [0.15, 0.2) is 0 Å². The Morgan fingerprint density at radius 1 is 0.857 bits per heavy atom. The standard InChI is InChI=1S/C30H28F8N2O2/c1-18(19-13-22(29(33,34)35)15-23(14-19)30(36,37)38)40(2)27(41)16-28(26-17-39-11-12-42-26,20-3-7-24(31)8-4-20)21-5-9-25(32)10-6-21/h3-10,13-15,18,26,39H,11-12,16-17H2,1-2H3. The number of benzene rings is 3. The SMILES string of the molecule is CC(c1cc(C(F)(F)F)cc(C(F)(F)F)c1)N(C)C(=O)CC(c1ccc(F)cc1)(c1ccc(F)cc1)C1CNCCO1. The Morgan fingerprint density at radius 2 is 1.33 bits per heavy atom. The normalized spacial score (nSPS) is 17.1. The lowest BCUT2D eigenvalue weighted by Gasteiger charge is -2.44. The third kappa shape index (κ3) is 6.59. The van der Waals surface area contributed by atoms with Gasteiger partial charge in [0, 0.05) is 26.6 Å². The van der Waals surface area contributed by atoms with Crippen molar-refractivity contribution in [3.63, 3.8) is 0 Å². The van der Waals surface area contributed by atoms with Crippen LogP contribution in [0.5, 0.6) is 0 Å². The molecule has 2 atom stereocenters. The Bertz CT molecular complexity index is 1300. The predicted molar refractivity (Wildman–Crippen MR) is 138 cm³/mol. The molecule has 1 aliphatic heterocycles. The van der Waals surface area contributed by atoms with Crippen molar-refractivity contribution in [2.75, 3.05) is 26.7 Å². The number of hydrogen-bond donors (Lipinski definition) is 1. The van der Waals surface area contributed by atoms with E-state index in [1.165, 1.54) is 62.5 Å². The monoisotopic (exact) mass is 600 g/mol. The summed E-state index contributed by atoms with van der Waals surface area (Å²) in [7, 11) is 1.28. The molecular weight excluding hydrogens is 572 g/mol. The second kappa shape index (κ2) is 12.0. The van der Waals surface area contributed by atoms with Gasteiger partial charge in [-0.1, -0.05) is 24.3 Å². The largest absolute Gasteiger partial charge is 0.416 e. The number of amides is 1. The van der Waals surface area contributed by atoms with Gasteiger partial charge in [0.1, 0.15) is 11.6 Å². The smallest absolute Gasteiger partial charge is 0.374 e. The van der Waals surface area contributed by atoms with E-state index < -0.39 is 58.6 Å². The molecular formula is C30H28F8N2O2. The number of carbonyl (C=O) groups is 1. The third-order valence-electron chi connectivity index (χ3n) is 7.69. The number of rotatable bonds is 7. The zero-order valence-electron chi connectivity index (χ0n) is 22.6. The Balaban J connectivity index is 1.79. The number of halogens is 8. The van der Waals surface area contributed by atoms with E-state index in [4.69, 9.17) is 4.74 Å². The van der Waals surface area contributed by atoms with Crippen molar-refractivity contribution in [3.8, 4) is 0 Å². The number of morpholine rings is 1. The van der Waals surface area contributed by atoms with E-state index in [1.807, 2.05) is 0 Å². The molecule has 0 saturated carbocycles. The highest BCUT2D eigenvalue weighted by atomic mass is 19.4. The maximum Gasteiger partial charge on any atom is 0.416 e. The molecule has 226 valence electrons. The van der Waals surface area contributed by atoms with Gasteiger partial charge < -0.3 is 15.0 Å². The number of nitrogens with one attached hydrogen (secondary N) is 1. The van der Waals surface area contributed by atoms with Gasteiger partial charge in [0.25, 0.3) is 0 Å². The summed E-state index contributed by atoms with van der Waals surface area (Å²) in [6, 6.07) is 10.7. The summed E-state index contributed by atoms with van der Waals surface area (Å²) in [5, 5.41) is 3.18. The van der Waals surface area contributed by atoms with Crippen LogP contribution < -0.4 is 5.32 Å². The molecule has 1 saturated heterocycles. The molecule has 0 aliphatic carbocycles. The molecule has 0 bridgehead atoms. The summed E-state index contributed by atoms with van der Waals surface area (Å²) in [4.78, 5) is 15.0. The number of carbonyl (C=O) groups excluding carboxylic acids is 1. The number of alkyl halides is 6. The number of nitrogens with zero attached hydrogens (tertiary/aromatic N) is 1. The Hall–Kier alpha value is -3.51. The van der Waals surface area contributed by atoms with Crippen LogP contribution in [0, 0.1) is 11.6 Å². The van der Waals surface area contributed by atoms with Gasteiger partial charge in [-0.05, 0) is 66.1 Å². The summed E-state index contributed by atoms with van der Waals surface area (Å²) in [6.07, 6.45) is -11.2. The average Bonchev–Trinajstić information content (AvgIpc) is 2.95. The lowest BCUT2D eigenvalue weighted by atomic mass is 9.67. The molecule has 0 aromatic heterocycles. The molecule has 1 N–H and O–H groups in total. The maximum atomic E-state index is 14.0. The van der Waals surface area contributed by atoms with Crippen molar-refractivity contribution < 1.29 is 44.7 Å². The maximum absolute atomic E-state index is 14.0. The highest BCUT2D eigenvalue weighted by Crippen LogP contribution is 2.43. The first kappa shape index (κ1) is 31.4. The average molecular weight is 601 g/mol.